The second-order valence-corrected chi connectivity index (χ2v) is 11.4. The van der Waals surface area contributed by atoms with Crippen LogP contribution >= 0.6 is 0 Å². The van der Waals surface area contributed by atoms with Crippen molar-refractivity contribution in [2.75, 3.05) is 6.54 Å². The Morgan fingerprint density at radius 1 is 0.414 bits per heavy atom. The highest BCUT2D eigenvalue weighted by molar-refractivity contribution is 5.11. The van der Waals surface area contributed by atoms with Crippen LogP contribution in [-0.2, 0) is 0 Å². The predicted octanol–water partition coefficient (Wildman–Crippen LogP) is 7.12. The van der Waals surface area contributed by atoms with Crippen molar-refractivity contribution in [3.63, 3.8) is 0 Å². The van der Waals surface area contributed by atoms with E-state index in [0.29, 0.717) is 0 Å². The third-order valence-corrected chi connectivity index (χ3v) is 9.71. The van der Waals surface area contributed by atoms with Gasteiger partial charge in [0, 0.05) is 18.1 Å². The van der Waals surface area contributed by atoms with E-state index in [0.717, 1.165) is 36.1 Å². The highest BCUT2D eigenvalue weighted by Gasteiger charge is 2.58. The van der Waals surface area contributed by atoms with Crippen molar-refractivity contribution >= 4 is 0 Å². The van der Waals surface area contributed by atoms with Crippen molar-refractivity contribution < 1.29 is 0 Å². The van der Waals surface area contributed by atoms with Gasteiger partial charge in [0.15, 0.2) is 0 Å². The topological polar surface area (TPSA) is 6.48 Å². The molecule has 0 aromatic rings. The van der Waals surface area contributed by atoms with Crippen LogP contribution in [0.1, 0.15) is 128 Å². The fraction of sp³-hybridized carbons (Fsp3) is 1.00. The molecule has 6 unspecified atom stereocenters. The van der Waals surface area contributed by atoms with Crippen LogP contribution in [0.2, 0.25) is 0 Å². The molecule has 2 nitrogen and oxygen atoms in total. The monoisotopic (exact) mass is 400 g/mol. The maximum absolute atomic E-state index is 3.23. The van der Waals surface area contributed by atoms with Crippen molar-refractivity contribution in [1.82, 2.24) is 9.80 Å². The zero-order chi connectivity index (χ0) is 19.5. The smallest absolute Gasteiger partial charge is 0.0631 e. The summed E-state index contributed by atoms with van der Waals surface area (Å²) < 4.78 is 0. The molecule has 3 heterocycles. The quantitative estimate of drug-likeness (QED) is 0.427. The van der Waals surface area contributed by atoms with Crippen LogP contribution < -0.4 is 0 Å². The lowest BCUT2D eigenvalue weighted by Crippen LogP contribution is -2.46. The summed E-state index contributed by atoms with van der Waals surface area (Å²) in [6.45, 7) is 1.41. The molecule has 0 radical (unpaired) electrons. The summed E-state index contributed by atoms with van der Waals surface area (Å²) in [4.78, 5) is 6.34. The second kappa shape index (κ2) is 10.0. The van der Waals surface area contributed by atoms with Gasteiger partial charge in [0.2, 0.25) is 0 Å². The van der Waals surface area contributed by atoms with Gasteiger partial charge in [0.05, 0.1) is 6.17 Å². The summed E-state index contributed by atoms with van der Waals surface area (Å²) in [6, 6.07) is 2.76. The molecule has 0 bridgehead atoms. The standard InChI is InChI=1S/C27H48N2/c1-4-10-16-22-23-17-11-5-2-7-13-19-25-27(23)29(24(22)18-12-6-1)26-20-14-8-3-9-15-21-28(25)26/h22-27H,1-21H2. The number of rotatable bonds is 0. The minimum absolute atomic E-state index is 0.808. The number of nitrogens with zero attached hydrogens (tertiary/aromatic N) is 2. The summed E-state index contributed by atoms with van der Waals surface area (Å²) in [5.74, 6) is 2.06. The fourth-order valence-corrected chi connectivity index (χ4v) is 8.49. The van der Waals surface area contributed by atoms with Crippen LogP contribution in [0.5, 0.6) is 0 Å². The minimum Gasteiger partial charge on any atom is -0.283 e. The normalized spacial score (nSPS) is 43.4. The number of hydrogen-bond acceptors (Lipinski definition) is 2. The van der Waals surface area contributed by atoms with Gasteiger partial charge in [0.1, 0.15) is 0 Å². The molecule has 0 spiro atoms. The Morgan fingerprint density at radius 3 is 1.66 bits per heavy atom. The summed E-state index contributed by atoms with van der Waals surface area (Å²) >= 11 is 0. The molecule has 0 amide bonds. The van der Waals surface area contributed by atoms with Crippen LogP contribution in [0.4, 0.5) is 0 Å². The molecule has 0 aromatic carbocycles. The van der Waals surface area contributed by atoms with E-state index in [1.807, 2.05) is 0 Å². The zero-order valence-electron chi connectivity index (χ0n) is 19.2. The lowest BCUT2D eigenvalue weighted by molar-refractivity contribution is 0.0671. The third kappa shape index (κ3) is 4.32. The van der Waals surface area contributed by atoms with Gasteiger partial charge in [-0.2, -0.15) is 0 Å². The fourth-order valence-electron chi connectivity index (χ4n) is 8.49. The summed E-state index contributed by atoms with van der Waals surface area (Å²) in [6.07, 6.45) is 30.9. The van der Waals surface area contributed by atoms with E-state index in [4.69, 9.17) is 0 Å². The highest BCUT2D eigenvalue weighted by atomic mass is 15.5. The molecule has 5 aliphatic rings. The number of hydrogen-bond donors (Lipinski definition) is 0. The Labute approximate surface area is 181 Å². The van der Waals surface area contributed by atoms with Gasteiger partial charge in [-0.15, -0.1) is 0 Å². The molecule has 29 heavy (non-hydrogen) atoms. The number of fused-ring (bicyclic) bond motifs is 6. The minimum atomic E-state index is 0.808. The van der Waals surface area contributed by atoms with Gasteiger partial charge in [-0.05, 0) is 56.9 Å². The van der Waals surface area contributed by atoms with Gasteiger partial charge in [-0.25, -0.2) is 0 Å². The van der Waals surface area contributed by atoms with E-state index in [-0.39, 0.29) is 0 Å². The lowest BCUT2D eigenvalue weighted by atomic mass is 9.76. The van der Waals surface area contributed by atoms with Gasteiger partial charge in [0.25, 0.3) is 0 Å². The van der Waals surface area contributed by atoms with Gasteiger partial charge >= 0.3 is 0 Å². The first-order valence-corrected chi connectivity index (χ1v) is 14.0. The van der Waals surface area contributed by atoms with Gasteiger partial charge in [-0.3, -0.25) is 9.80 Å². The first kappa shape index (κ1) is 20.8. The van der Waals surface area contributed by atoms with Gasteiger partial charge in [-0.1, -0.05) is 89.9 Å². The predicted molar refractivity (Wildman–Crippen MR) is 123 cm³/mol. The Morgan fingerprint density at radius 2 is 0.931 bits per heavy atom. The maximum Gasteiger partial charge on any atom is 0.0631 e. The van der Waals surface area contributed by atoms with E-state index in [1.54, 1.807) is 12.8 Å². The molecule has 2 aliphatic carbocycles. The van der Waals surface area contributed by atoms with Crippen molar-refractivity contribution in [3.05, 3.63) is 0 Å². The molecule has 3 saturated heterocycles. The average Bonchev–Trinajstić information content (AvgIpc) is 3.25. The van der Waals surface area contributed by atoms with E-state index in [1.165, 1.54) is 122 Å². The molecule has 3 aliphatic heterocycles. The van der Waals surface area contributed by atoms with Crippen LogP contribution in [0.25, 0.3) is 0 Å². The molecule has 166 valence electrons. The summed E-state index contributed by atoms with van der Waals surface area (Å²) in [5.41, 5.74) is 0. The van der Waals surface area contributed by atoms with E-state index < -0.39 is 0 Å². The summed E-state index contributed by atoms with van der Waals surface area (Å²) in [7, 11) is 0. The Kier molecular flexibility index (Phi) is 7.19. The first-order chi connectivity index (χ1) is 14.4. The Hall–Kier alpha value is -0.0800. The second-order valence-electron chi connectivity index (χ2n) is 11.4. The summed E-state index contributed by atoms with van der Waals surface area (Å²) in [5, 5.41) is 0. The van der Waals surface area contributed by atoms with E-state index in [9.17, 15) is 0 Å². The largest absolute Gasteiger partial charge is 0.283 e. The van der Waals surface area contributed by atoms with Crippen molar-refractivity contribution in [3.8, 4) is 0 Å². The Bertz CT molecular complexity index is 463. The van der Waals surface area contributed by atoms with Crippen LogP contribution in [-0.4, -0.2) is 40.6 Å². The highest BCUT2D eigenvalue weighted by Crippen LogP contribution is 2.52. The van der Waals surface area contributed by atoms with E-state index >= 15 is 0 Å². The van der Waals surface area contributed by atoms with Gasteiger partial charge < -0.3 is 0 Å². The third-order valence-electron chi connectivity index (χ3n) is 9.71. The van der Waals surface area contributed by atoms with Crippen molar-refractivity contribution in [2.45, 2.75) is 153 Å². The van der Waals surface area contributed by atoms with Crippen LogP contribution in [0, 0.1) is 11.8 Å². The van der Waals surface area contributed by atoms with Crippen LogP contribution in [0.15, 0.2) is 0 Å². The average molecular weight is 401 g/mol. The molecule has 5 fully saturated rings. The molecule has 2 heteroatoms. The lowest BCUT2D eigenvalue weighted by Gasteiger charge is -2.38. The maximum atomic E-state index is 3.23. The zero-order valence-corrected chi connectivity index (χ0v) is 19.2. The Balaban J connectivity index is 1.48. The SMILES string of the molecule is C1CCCC2C3CCCCCCCC3N3C2C(CCC1)N1CCCCCCCC13. The molecule has 2 saturated carbocycles. The van der Waals surface area contributed by atoms with Crippen molar-refractivity contribution in [1.29, 1.82) is 0 Å². The molecular formula is C27H48N2. The van der Waals surface area contributed by atoms with Crippen LogP contribution in [0.3, 0.4) is 0 Å². The molecule has 6 atom stereocenters. The molecule has 5 rings (SSSR count). The molecule has 0 N–H and O–H groups in total. The van der Waals surface area contributed by atoms with Crippen molar-refractivity contribution in [2.24, 2.45) is 11.8 Å². The van der Waals surface area contributed by atoms with E-state index in [2.05, 4.69) is 9.80 Å². The molecule has 0 aromatic heterocycles. The first-order valence-electron chi connectivity index (χ1n) is 14.0. The molecular weight excluding hydrogens is 352 g/mol.